The second kappa shape index (κ2) is 3.75. The van der Waals surface area contributed by atoms with Crippen LogP contribution in [-0.2, 0) is 0 Å². The Balaban J connectivity index is 2.34. The van der Waals surface area contributed by atoms with Crippen LogP contribution < -0.4 is 5.73 Å². The van der Waals surface area contributed by atoms with Crippen LogP contribution in [0.2, 0.25) is 5.02 Å². The summed E-state index contributed by atoms with van der Waals surface area (Å²) in [5, 5.41) is 5.73. The second-order valence-corrected chi connectivity index (χ2v) is 4.11. The predicted molar refractivity (Wildman–Crippen MR) is 68.3 cm³/mol. The van der Waals surface area contributed by atoms with E-state index in [-0.39, 0.29) is 0 Å². The number of hydrogen-bond donors (Lipinski definition) is 1. The van der Waals surface area contributed by atoms with Gasteiger partial charge in [-0.1, -0.05) is 23.7 Å². The van der Waals surface area contributed by atoms with Crippen LogP contribution in [0.4, 0.5) is 5.69 Å². The lowest BCUT2D eigenvalue weighted by atomic mass is 10.1. The number of fused-ring (bicyclic) bond motifs is 1. The quantitative estimate of drug-likeness (QED) is 0.670. The first-order chi connectivity index (χ1) is 8.25. The Labute approximate surface area is 103 Å². The molecule has 0 saturated heterocycles. The van der Waals surface area contributed by atoms with Crippen molar-refractivity contribution in [3.63, 3.8) is 0 Å². The molecule has 3 aromatic rings. The fraction of sp³-hybridized carbons (Fsp3) is 0. The number of rotatable bonds is 1. The van der Waals surface area contributed by atoms with E-state index in [4.69, 9.17) is 17.3 Å². The van der Waals surface area contributed by atoms with Crippen LogP contribution in [0.5, 0.6) is 0 Å². The maximum absolute atomic E-state index is 5.89. The van der Waals surface area contributed by atoms with Gasteiger partial charge in [-0.25, -0.2) is 4.68 Å². The molecule has 3 rings (SSSR count). The Morgan fingerprint density at radius 1 is 1.24 bits per heavy atom. The monoisotopic (exact) mass is 244 g/mol. The molecule has 0 aliphatic heterocycles. The molecule has 2 heterocycles. The summed E-state index contributed by atoms with van der Waals surface area (Å²) in [6, 6.07) is 7.57. The van der Waals surface area contributed by atoms with E-state index in [2.05, 4.69) is 10.1 Å². The van der Waals surface area contributed by atoms with Crippen molar-refractivity contribution in [1.29, 1.82) is 0 Å². The van der Waals surface area contributed by atoms with Gasteiger partial charge >= 0.3 is 0 Å². The normalized spacial score (nSPS) is 10.9. The minimum Gasteiger partial charge on any atom is -0.397 e. The minimum atomic E-state index is 0.596. The van der Waals surface area contributed by atoms with Crippen molar-refractivity contribution in [2.75, 3.05) is 5.73 Å². The molecule has 4 nitrogen and oxygen atoms in total. The fourth-order valence-electron chi connectivity index (χ4n) is 1.82. The van der Waals surface area contributed by atoms with Crippen molar-refractivity contribution in [2.24, 2.45) is 0 Å². The molecule has 84 valence electrons. The Morgan fingerprint density at radius 3 is 2.88 bits per heavy atom. The third-order valence-electron chi connectivity index (χ3n) is 2.58. The molecule has 2 aromatic heterocycles. The molecule has 0 unspecified atom stereocenters. The van der Waals surface area contributed by atoms with Crippen LogP contribution in [0.15, 0.2) is 42.9 Å². The number of aromatic nitrogens is 3. The highest BCUT2D eigenvalue weighted by molar-refractivity contribution is 6.30. The van der Waals surface area contributed by atoms with Gasteiger partial charge in [-0.15, -0.1) is 0 Å². The molecule has 1 aromatic carbocycles. The zero-order chi connectivity index (χ0) is 11.8. The summed E-state index contributed by atoms with van der Waals surface area (Å²) in [6.07, 6.45) is 5.06. The molecule has 0 radical (unpaired) electrons. The highest BCUT2D eigenvalue weighted by atomic mass is 35.5. The molecule has 0 atom stereocenters. The number of halogens is 1. The molecule has 2 N–H and O–H groups in total. The zero-order valence-corrected chi connectivity index (χ0v) is 9.59. The molecule has 0 bridgehead atoms. The second-order valence-electron chi connectivity index (χ2n) is 3.68. The van der Waals surface area contributed by atoms with Crippen molar-refractivity contribution < 1.29 is 0 Å². The molecule has 0 aliphatic carbocycles. The van der Waals surface area contributed by atoms with Gasteiger partial charge in [0.2, 0.25) is 0 Å². The number of nitrogen functional groups attached to an aromatic ring is 1. The van der Waals surface area contributed by atoms with E-state index in [1.54, 1.807) is 23.3 Å². The van der Waals surface area contributed by atoms with E-state index in [9.17, 15) is 0 Å². The molecule has 5 heteroatoms. The van der Waals surface area contributed by atoms with Gasteiger partial charge in [0, 0.05) is 17.8 Å². The summed E-state index contributed by atoms with van der Waals surface area (Å²) in [5.41, 5.74) is 8.23. The van der Waals surface area contributed by atoms with Gasteiger partial charge in [0.1, 0.15) is 0 Å². The van der Waals surface area contributed by atoms with Gasteiger partial charge in [0.05, 0.1) is 28.1 Å². The van der Waals surface area contributed by atoms with Gasteiger partial charge in [-0.2, -0.15) is 5.10 Å². The SMILES string of the molecule is Nc1cccc2c(-n3cc(Cl)cn3)ccnc12. The molecule has 17 heavy (non-hydrogen) atoms. The van der Waals surface area contributed by atoms with Crippen LogP contribution in [-0.4, -0.2) is 14.8 Å². The lowest BCUT2D eigenvalue weighted by molar-refractivity contribution is 0.886. The Bertz CT molecular complexity index is 690. The minimum absolute atomic E-state index is 0.596. The number of nitrogens with two attached hydrogens (primary N) is 1. The number of nitrogens with zero attached hydrogens (tertiary/aromatic N) is 3. The summed E-state index contributed by atoms with van der Waals surface area (Å²) in [4.78, 5) is 4.27. The third kappa shape index (κ3) is 1.62. The summed E-state index contributed by atoms with van der Waals surface area (Å²) >= 11 is 5.87. The van der Waals surface area contributed by atoms with Gasteiger partial charge in [0.25, 0.3) is 0 Å². The first-order valence-electron chi connectivity index (χ1n) is 5.09. The van der Waals surface area contributed by atoms with Crippen LogP contribution in [0.1, 0.15) is 0 Å². The predicted octanol–water partition coefficient (Wildman–Crippen LogP) is 2.66. The lowest BCUT2D eigenvalue weighted by Gasteiger charge is -2.07. The van der Waals surface area contributed by atoms with Crippen LogP contribution in [0.3, 0.4) is 0 Å². The van der Waals surface area contributed by atoms with Crippen molar-refractivity contribution in [2.45, 2.75) is 0 Å². The average molecular weight is 245 g/mol. The van der Waals surface area contributed by atoms with E-state index in [0.29, 0.717) is 10.7 Å². The van der Waals surface area contributed by atoms with Gasteiger partial charge in [0.15, 0.2) is 0 Å². The van der Waals surface area contributed by atoms with E-state index in [1.807, 2.05) is 24.3 Å². The van der Waals surface area contributed by atoms with Gasteiger partial charge < -0.3 is 5.73 Å². The van der Waals surface area contributed by atoms with Gasteiger partial charge in [-0.3, -0.25) is 4.98 Å². The molecule has 0 fully saturated rings. The Hall–Kier alpha value is -2.07. The largest absolute Gasteiger partial charge is 0.397 e. The zero-order valence-electron chi connectivity index (χ0n) is 8.84. The van der Waals surface area contributed by atoms with Crippen molar-refractivity contribution in [1.82, 2.24) is 14.8 Å². The van der Waals surface area contributed by atoms with E-state index in [0.717, 1.165) is 16.6 Å². The standard InChI is InChI=1S/C12H9ClN4/c13-8-6-16-17(7-8)11-4-5-15-12-9(11)2-1-3-10(12)14/h1-7H,14H2. The molecular formula is C12H9ClN4. The van der Waals surface area contributed by atoms with Crippen LogP contribution >= 0.6 is 11.6 Å². The Kier molecular flexibility index (Phi) is 2.23. The number of benzene rings is 1. The molecule has 0 saturated carbocycles. The fourth-order valence-corrected chi connectivity index (χ4v) is 1.95. The first-order valence-corrected chi connectivity index (χ1v) is 5.47. The number of para-hydroxylation sites is 1. The van der Waals surface area contributed by atoms with E-state index < -0.39 is 0 Å². The summed E-state index contributed by atoms with van der Waals surface area (Å²) in [7, 11) is 0. The van der Waals surface area contributed by atoms with Gasteiger partial charge in [-0.05, 0) is 12.1 Å². The van der Waals surface area contributed by atoms with Crippen molar-refractivity contribution in [3.8, 4) is 5.69 Å². The maximum atomic E-state index is 5.89. The smallest absolute Gasteiger partial charge is 0.0952 e. The summed E-state index contributed by atoms with van der Waals surface area (Å²) < 4.78 is 1.71. The molecule has 0 spiro atoms. The van der Waals surface area contributed by atoms with E-state index >= 15 is 0 Å². The maximum Gasteiger partial charge on any atom is 0.0952 e. The van der Waals surface area contributed by atoms with Crippen molar-refractivity contribution in [3.05, 3.63) is 47.9 Å². The van der Waals surface area contributed by atoms with Crippen LogP contribution in [0.25, 0.3) is 16.6 Å². The number of pyridine rings is 1. The summed E-state index contributed by atoms with van der Waals surface area (Å²) in [5.74, 6) is 0. The van der Waals surface area contributed by atoms with Crippen LogP contribution in [0, 0.1) is 0 Å². The number of hydrogen-bond acceptors (Lipinski definition) is 3. The topological polar surface area (TPSA) is 56.7 Å². The lowest BCUT2D eigenvalue weighted by Crippen LogP contribution is -1.98. The molecule has 0 amide bonds. The van der Waals surface area contributed by atoms with E-state index in [1.165, 1.54) is 0 Å². The highest BCUT2D eigenvalue weighted by Crippen LogP contribution is 2.24. The molecular weight excluding hydrogens is 236 g/mol. The third-order valence-corrected chi connectivity index (χ3v) is 2.77. The Morgan fingerprint density at radius 2 is 2.12 bits per heavy atom. The summed E-state index contributed by atoms with van der Waals surface area (Å²) in [6.45, 7) is 0. The highest BCUT2D eigenvalue weighted by Gasteiger charge is 2.06. The first kappa shape index (κ1) is 10.1. The molecule has 0 aliphatic rings. The average Bonchev–Trinajstić information content (AvgIpc) is 2.76. The van der Waals surface area contributed by atoms with Crippen molar-refractivity contribution >= 4 is 28.2 Å². The number of anilines is 1.